The fraction of sp³-hybridized carbons (Fsp3) is 0.400. The molecular weight excluding hydrogens is 164 g/mol. The second-order valence-electron chi connectivity index (χ2n) is 2.87. The van der Waals surface area contributed by atoms with Crippen molar-refractivity contribution in [2.45, 2.75) is 6.92 Å². The molecule has 0 saturated heterocycles. The maximum absolute atomic E-state index is 5.59. The summed E-state index contributed by atoms with van der Waals surface area (Å²) in [6, 6.07) is 7.79. The number of anilines is 2. The third-order valence-electron chi connectivity index (χ3n) is 1.92. The van der Waals surface area contributed by atoms with E-state index < -0.39 is 0 Å². The number of ether oxygens (including phenoxy) is 1. The molecule has 0 radical (unpaired) electrons. The van der Waals surface area contributed by atoms with E-state index in [2.05, 4.69) is 11.8 Å². The molecule has 0 saturated carbocycles. The van der Waals surface area contributed by atoms with Gasteiger partial charge in [0.2, 0.25) is 0 Å². The molecule has 0 fully saturated rings. The first-order valence-electron chi connectivity index (χ1n) is 4.37. The Hall–Kier alpha value is -1.22. The predicted molar refractivity (Wildman–Crippen MR) is 55.8 cm³/mol. The van der Waals surface area contributed by atoms with Gasteiger partial charge in [-0.3, -0.25) is 0 Å². The Bertz CT molecular complexity index is 246. The van der Waals surface area contributed by atoms with E-state index >= 15 is 0 Å². The molecular formula is C10H16N2O. The summed E-state index contributed by atoms with van der Waals surface area (Å²) in [5, 5.41) is 0. The van der Waals surface area contributed by atoms with E-state index in [1.165, 1.54) is 0 Å². The number of rotatable bonds is 4. The molecule has 1 rings (SSSR count). The van der Waals surface area contributed by atoms with Gasteiger partial charge in [-0.05, 0) is 31.2 Å². The normalized spacial score (nSPS) is 10.0. The van der Waals surface area contributed by atoms with Crippen LogP contribution in [-0.4, -0.2) is 20.4 Å². The van der Waals surface area contributed by atoms with Crippen LogP contribution in [0.15, 0.2) is 24.3 Å². The lowest BCUT2D eigenvalue weighted by Crippen LogP contribution is -2.24. The van der Waals surface area contributed by atoms with Crippen LogP contribution in [0, 0.1) is 0 Å². The van der Waals surface area contributed by atoms with Gasteiger partial charge in [0.05, 0.1) is 0 Å². The van der Waals surface area contributed by atoms with Crippen molar-refractivity contribution in [3.63, 3.8) is 0 Å². The van der Waals surface area contributed by atoms with Crippen LogP contribution in [0.1, 0.15) is 6.92 Å². The summed E-state index contributed by atoms with van der Waals surface area (Å²) < 4.78 is 5.07. The average Bonchev–Trinajstić information content (AvgIpc) is 2.16. The number of nitrogens with two attached hydrogens (primary N) is 1. The second-order valence-corrected chi connectivity index (χ2v) is 2.87. The third kappa shape index (κ3) is 2.63. The van der Waals surface area contributed by atoms with Gasteiger partial charge in [-0.15, -0.1) is 0 Å². The number of nitrogens with zero attached hydrogens (tertiary/aromatic N) is 1. The van der Waals surface area contributed by atoms with E-state index in [1.807, 2.05) is 24.3 Å². The Balaban J connectivity index is 2.73. The van der Waals surface area contributed by atoms with E-state index in [1.54, 1.807) is 7.11 Å². The Morgan fingerprint density at radius 1 is 1.31 bits per heavy atom. The third-order valence-corrected chi connectivity index (χ3v) is 1.92. The highest BCUT2D eigenvalue weighted by Gasteiger charge is 2.01. The Morgan fingerprint density at radius 3 is 2.38 bits per heavy atom. The van der Waals surface area contributed by atoms with Gasteiger partial charge >= 0.3 is 0 Å². The zero-order valence-corrected chi connectivity index (χ0v) is 8.16. The zero-order chi connectivity index (χ0) is 9.68. The molecule has 0 atom stereocenters. The van der Waals surface area contributed by atoms with Gasteiger partial charge in [-0.2, -0.15) is 0 Å². The van der Waals surface area contributed by atoms with Gasteiger partial charge in [0.1, 0.15) is 6.73 Å². The van der Waals surface area contributed by atoms with E-state index in [0.29, 0.717) is 6.73 Å². The first-order valence-corrected chi connectivity index (χ1v) is 4.37. The molecule has 0 amide bonds. The summed E-state index contributed by atoms with van der Waals surface area (Å²) in [5.74, 6) is 0. The fourth-order valence-electron chi connectivity index (χ4n) is 1.19. The number of methoxy groups -OCH3 is 1. The first-order chi connectivity index (χ1) is 6.27. The molecule has 72 valence electrons. The minimum atomic E-state index is 0.612. The van der Waals surface area contributed by atoms with E-state index in [-0.39, 0.29) is 0 Å². The minimum absolute atomic E-state index is 0.612. The smallest absolute Gasteiger partial charge is 0.118 e. The molecule has 1 aromatic rings. The van der Waals surface area contributed by atoms with Gasteiger partial charge in [-0.25, -0.2) is 0 Å². The Kier molecular flexibility index (Phi) is 3.58. The van der Waals surface area contributed by atoms with Crippen LogP contribution in [0.25, 0.3) is 0 Å². The van der Waals surface area contributed by atoms with Crippen LogP contribution in [0.3, 0.4) is 0 Å². The number of hydrogen-bond donors (Lipinski definition) is 1. The van der Waals surface area contributed by atoms with Crippen molar-refractivity contribution >= 4 is 11.4 Å². The van der Waals surface area contributed by atoms with Crippen molar-refractivity contribution in [2.75, 3.05) is 31.0 Å². The summed E-state index contributed by atoms with van der Waals surface area (Å²) in [7, 11) is 1.69. The Labute approximate surface area is 79.1 Å². The molecule has 0 spiro atoms. The molecule has 13 heavy (non-hydrogen) atoms. The van der Waals surface area contributed by atoms with Crippen LogP contribution < -0.4 is 10.6 Å². The van der Waals surface area contributed by atoms with Crippen molar-refractivity contribution < 1.29 is 4.74 Å². The summed E-state index contributed by atoms with van der Waals surface area (Å²) in [4.78, 5) is 2.12. The van der Waals surface area contributed by atoms with Crippen molar-refractivity contribution in [3.05, 3.63) is 24.3 Å². The maximum Gasteiger partial charge on any atom is 0.118 e. The fourth-order valence-corrected chi connectivity index (χ4v) is 1.19. The van der Waals surface area contributed by atoms with E-state index in [4.69, 9.17) is 10.5 Å². The van der Waals surface area contributed by atoms with Crippen LogP contribution >= 0.6 is 0 Å². The minimum Gasteiger partial charge on any atom is -0.399 e. The Morgan fingerprint density at radius 2 is 1.92 bits per heavy atom. The molecule has 1 aromatic carbocycles. The van der Waals surface area contributed by atoms with Gasteiger partial charge in [0.15, 0.2) is 0 Å². The van der Waals surface area contributed by atoms with Gasteiger partial charge in [0, 0.05) is 25.0 Å². The lowest BCUT2D eigenvalue weighted by Gasteiger charge is -2.21. The average molecular weight is 180 g/mol. The lowest BCUT2D eigenvalue weighted by molar-refractivity contribution is 0.198. The van der Waals surface area contributed by atoms with E-state index in [9.17, 15) is 0 Å². The molecule has 3 heteroatoms. The molecule has 2 N–H and O–H groups in total. The molecule has 0 bridgehead atoms. The molecule has 0 aromatic heterocycles. The van der Waals surface area contributed by atoms with Crippen LogP contribution in [-0.2, 0) is 4.74 Å². The number of nitrogen functional groups attached to an aromatic ring is 1. The van der Waals surface area contributed by atoms with Gasteiger partial charge in [0.25, 0.3) is 0 Å². The van der Waals surface area contributed by atoms with Crippen LogP contribution in [0.4, 0.5) is 11.4 Å². The van der Waals surface area contributed by atoms with Crippen molar-refractivity contribution in [1.29, 1.82) is 0 Å². The lowest BCUT2D eigenvalue weighted by atomic mass is 10.2. The van der Waals surface area contributed by atoms with E-state index in [0.717, 1.165) is 17.9 Å². The topological polar surface area (TPSA) is 38.5 Å². The summed E-state index contributed by atoms with van der Waals surface area (Å²) in [6.07, 6.45) is 0. The zero-order valence-electron chi connectivity index (χ0n) is 8.16. The van der Waals surface area contributed by atoms with Gasteiger partial charge in [-0.1, -0.05) is 0 Å². The molecule has 0 aliphatic carbocycles. The van der Waals surface area contributed by atoms with Crippen molar-refractivity contribution in [1.82, 2.24) is 0 Å². The molecule has 0 unspecified atom stereocenters. The number of benzene rings is 1. The molecule has 0 aliphatic heterocycles. The SMILES string of the molecule is CCN(COC)c1ccc(N)cc1. The van der Waals surface area contributed by atoms with Crippen molar-refractivity contribution in [2.24, 2.45) is 0 Å². The van der Waals surface area contributed by atoms with Crippen LogP contribution in [0.2, 0.25) is 0 Å². The monoisotopic (exact) mass is 180 g/mol. The summed E-state index contributed by atoms with van der Waals surface area (Å²) in [6.45, 7) is 3.63. The first kappa shape index (κ1) is 9.86. The molecule has 0 heterocycles. The van der Waals surface area contributed by atoms with Crippen molar-refractivity contribution in [3.8, 4) is 0 Å². The maximum atomic E-state index is 5.59. The molecule has 3 nitrogen and oxygen atoms in total. The number of hydrogen-bond acceptors (Lipinski definition) is 3. The quantitative estimate of drug-likeness (QED) is 0.566. The van der Waals surface area contributed by atoms with Crippen LogP contribution in [0.5, 0.6) is 0 Å². The largest absolute Gasteiger partial charge is 0.399 e. The van der Waals surface area contributed by atoms with Gasteiger partial charge < -0.3 is 15.4 Å². The second kappa shape index (κ2) is 4.72. The highest BCUT2D eigenvalue weighted by Crippen LogP contribution is 2.15. The highest BCUT2D eigenvalue weighted by atomic mass is 16.5. The predicted octanol–water partition coefficient (Wildman–Crippen LogP) is 1.70. The molecule has 0 aliphatic rings. The standard InChI is InChI=1S/C10H16N2O/c1-3-12(8-13-2)10-6-4-9(11)5-7-10/h4-7H,3,8,11H2,1-2H3. The summed E-state index contributed by atoms with van der Waals surface area (Å²) in [5.41, 5.74) is 7.52. The summed E-state index contributed by atoms with van der Waals surface area (Å²) >= 11 is 0. The highest BCUT2D eigenvalue weighted by molar-refractivity contribution is 5.52.